The zero-order valence-corrected chi connectivity index (χ0v) is 15.3. The van der Waals surface area contributed by atoms with Crippen molar-refractivity contribution in [2.45, 2.75) is 32.2 Å². The Hall–Kier alpha value is -2.41. The number of carbonyl (C=O) groups is 1. The van der Waals surface area contributed by atoms with Gasteiger partial charge in [-0.3, -0.25) is 0 Å². The number of furan rings is 1. The number of amides is 2. The van der Waals surface area contributed by atoms with E-state index in [1.165, 1.54) is 12.1 Å². The summed E-state index contributed by atoms with van der Waals surface area (Å²) in [6.07, 6.45) is 3.70. The van der Waals surface area contributed by atoms with Gasteiger partial charge in [0.1, 0.15) is 17.2 Å². The fourth-order valence-electron chi connectivity index (χ4n) is 3.45. The number of hydrogen-bond acceptors (Lipinski definition) is 4. The third-order valence-corrected chi connectivity index (χ3v) is 5.92. The van der Waals surface area contributed by atoms with Crippen molar-refractivity contribution in [2.75, 3.05) is 13.1 Å². The van der Waals surface area contributed by atoms with Gasteiger partial charge < -0.3 is 14.6 Å². The summed E-state index contributed by atoms with van der Waals surface area (Å²) in [4.78, 5) is 18.7. The molecule has 0 bridgehead atoms. The molecule has 1 saturated heterocycles. The zero-order valence-electron chi connectivity index (χ0n) is 14.5. The fraction of sp³-hybridized carbons (Fsp3) is 0.368. The van der Waals surface area contributed by atoms with Gasteiger partial charge in [0.15, 0.2) is 0 Å². The van der Waals surface area contributed by atoms with Gasteiger partial charge in [-0.1, -0.05) is 0 Å². The van der Waals surface area contributed by atoms with E-state index in [4.69, 9.17) is 4.42 Å². The van der Waals surface area contributed by atoms with Crippen LogP contribution < -0.4 is 5.32 Å². The zero-order chi connectivity index (χ0) is 18.1. The summed E-state index contributed by atoms with van der Waals surface area (Å²) >= 11 is 1.68. The van der Waals surface area contributed by atoms with E-state index >= 15 is 0 Å². The molecular weight excluding hydrogens is 353 g/mol. The Morgan fingerprint density at radius 1 is 1.42 bits per heavy atom. The van der Waals surface area contributed by atoms with Gasteiger partial charge in [-0.2, -0.15) is 0 Å². The number of aryl methyl sites for hydroxylation is 1. The van der Waals surface area contributed by atoms with Crippen LogP contribution in [0.25, 0.3) is 11.0 Å². The number of halogens is 1. The summed E-state index contributed by atoms with van der Waals surface area (Å²) in [5.74, 6) is 0.822. The fourth-order valence-corrected chi connectivity index (χ4v) is 4.26. The second-order valence-corrected chi connectivity index (χ2v) is 7.51. The lowest BCUT2D eigenvalue weighted by Gasteiger charge is -2.31. The molecule has 1 N–H and O–H groups in total. The summed E-state index contributed by atoms with van der Waals surface area (Å²) in [5, 5.41) is 6.83. The van der Waals surface area contributed by atoms with Crippen molar-refractivity contribution in [1.82, 2.24) is 15.2 Å². The Labute approximate surface area is 154 Å². The van der Waals surface area contributed by atoms with E-state index in [1.807, 2.05) is 23.4 Å². The molecule has 136 valence electrons. The first-order valence-corrected chi connectivity index (χ1v) is 9.59. The maximum Gasteiger partial charge on any atom is 0.317 e. The van der Waals surface area contributed by atoms with E-state index in [9.17, 15) is 9.18 Å². The minimum Gasteiger partial charge on any atom is -0.459 e. The molecule has 3 heterocycles. The van der Waals surface area contributed by atoms with E-state index < -0.39 is 0 Å². The van der Waals surface area contributed by atoms with E-state index in [0.717, 1.165) is 41.9 Å². The molecule has 4 rings (SSSR count). The Morgan fingerprint density at radius 2 is 2.23 bits per heavy atom. The van der Waals surface area contributed by atoms with E-state index in [-0.39, 0.29) is 11.8 Å². The molecule has 0 atom stereocenters. The smallest absolute Gasteiger partial charge is 0.317 e. The highest BCUT2D eigenvalue weighted by atomic mass is 32.1. The molecule has 2 amide bonds. The topological polar surface area (TPSA) is 58.4 Å². The van der Waals surface area contributed by atoms with Gasteiger partial charge in [-0.15, -0.1) is 11.3 Å². The Kier molecular flexibility index (Phi) is 4.63. The SMILES string of the molecule is Cc1c(CNC(=O)N2CCC(c3nccs3)CC2)oc2ccc(F)cc12. The third kappa shape index (κ3) is 3.31. The predicted molar refractivity (Wildman–Crippen MR) is 98.8 cm³/mol. The summed E-state index contributed by atoms with van der Waals surface area (Å²) in [7, 11) is 0. The van der Waals surface area contributed by atoms with Gasteiger partial charge in [0, 0.05) is 41.5 Å². The lowest BCUT2D eigenvalue weighted by atomic mass is 9.98. The molecule has 0 spiro atoms. The molecule has 1 fully saturated rings. The van der Waals surface area contributed by atoms with Crippen molar-refractivity contribution in [3.8, 4) is 0 Å². The number of nitrogens with zero attached hydrogens (tertiary/aromatic N) is 2. The molecule has 1 aromatic carbocycles. The number of nitrogens with one attached hydrogen (secondary N) is 1. The number of piperidine rings is 1. The lowest BCUT2D eigenvalue weighted by molar-refractivity contribution is 0.180. The monoisotopic (exact) mass is 373 g/mol. The second kappa shape index (κ2) is 7.07. The molecule has 0 aliphatic carbocycles. The van der Waals surface area contributed by atoms with Crippen molar-refractivity contribution in [1.29, 1.82) is 0 Å². The highest BCUT2D eigenvalue weighted by Gasteiger charge is 2.25. The van der Waals surface area contributed by atoms with Gasteiger partial charge >= 0.3 is 6.03 Å². The normalized spacial score (nSPS) is 15.5. The number of urea groups is 1. The minimum absolute atomic E-state index is 0.0892. The van der Waals surface area contributed by atoms with Gasteiger partial charge in [0.25, 0.3) is 0 Å². The highest BCUT2D eigenvalue weighted by Crippen LogP contribution is 2.29. The minimum atomic E-state index is -0.292. The van der Waals surface area contributed by atoms with E-state index in [2.05, 4.69) is 10.3 Å². The van der Waals surface area contributed by atoms with E-state index in [1.54, 1.807) is 17.4 Å². The summed E-state index contributed by atoms with van der Waals surface area (Å²) in [6, 6.07) is 4.36. The predicted octanol–water partition coefficient (Wildman–Crippen LogP) is 4.43. The lowest BCUT2D eigenvalue weighted by Crippen LogP contribution is -2.43. The standard InChI is InChI=1S/C19H20FN3O2S/c1-12-15-10-14(20)2-3-16(15)25-17(12)11-22-19(24)23-7-4-13(5-8-23)18-21-6-9-26-18/h2-3,6,9-10,13H,4-5,7-8,11H2,1H3,(H,22,24). The number of thiazole rings is 1. The first-order chi connectivity index (χ1) is 12.6. The molecule has 2 aromatic heterocycles. The number of hydrogen-bond donors (Lipinski definition) is 1. The third-order valence-electron chi connectivity index (χ3n) is 4.98. The first-order valence-electron chi connectivity index (χ1n) is 8.71. The highest BCUT2D eigenvalue weighted by molar-refractivity contribution is 7.09. The van der Waals surface area contributed by atoms with Crippen LogP contribution in [0, 0.1) is 12.7 Å². The average Bonchev–Trinajstić information content (AvgIpc) is 3.29. The van der Waals surface area contributed by atoms with Crippen LogP contribution in [0.15, 0.2) is 34.2 Å². The molecular formula is C19H20FN3O2S. The largest absolute Gasteiger partial charge is 0.459 e. The molecule has 26 heavy (non-hydrogen) atoms. The summed E-state index contributed by atoms with van der Waals surface area (Å²) < 4.78 is 19.1. The first kappa shape index (κ1) is 17.0. The van der Waals surface area contributed by atoms with Crippen molar-refractivity contribution in [3.05, 3.63) is 51.9 Å². The molecule has 1 aliphatic heterocycles. The number of aromatic nitrogens is 1. The molecule has 7 heteroatoms. The molecule has 3 aromatic rings. The van der Waals surface area contributed by atoms with Crippen molar-refractivity contribution >= 4 is 28.3 Å². The quantitative estimate of drug-likeness (QED) is 0.739. The van der Waals surface area contributed by atoms with Gasteiger partial charge in [-0.05, 0) is 38.0 Å². The van der Waals surface area contributed by atoms with Crippen molar-refractivity contribution in [2.24, 2.45) is 0 Å². The molecule has 1 aliphatic rings. The molecule has 0 saturated carbocycles. The van der Waals surface area contributed by atoms with E-state index in [0.29, 0.717) is 23.8 Å². The molecule has 0 unspecified atom stereocenters. The summed E-state index contributed by atoms with van der Waals surface area (Å²) in [5.41, 5.74) is 1.50. The van der Waals surface area contributed by atoms with Crippen molar-refractivity contribution < 1.29 is 13.6 Å². The number of fused-ring (bicyclic) bond motifs is 1. The Balaban J connectivity index is 1.35. The van der Waals surface area contributed by atoms with Crippen LogP contribution >= 0.6 is 11.3 Å². The maximum absolute atomic E-state index is 13.4. The van der Waals surface area contributed by atoms with Gasteiger partial charge in [0.05, 0.1) is 11.6 Å². The summed E-state index contributed by atoms with van der Waals surface area (Å²) in [6.45, 7) is 3.63. The number of rotatable bonds is 3. The van der Waals surface area contributed by atoms with Crippen LogP contribution in [0.1, 0.15) is 35.1 Å². The van der Waals surface area contributed by atoms with Gasteiger partial charge in [-0.25, -0.2) is 14.2 Å². The molecule has 5 nitrogen and oxygen atoms in total. The maximum atomic E-state index is 13.4. The van der Waals surface area contributed by atoms with Crippen molar-refractivity contribution in [3.63, 3.8) is 0 Å². The van der Waals surface area contributed by atoms with Gasteiger partial charge in [0.2, 0.25) is 0 Å². The van der Waals surface area contributed by atoms with Crippen LogP contribution in [0.3, 0.4) is 0 Å². The molecule has 0 radical (unpaired) electrons. The Bertz CT molecular complexity index is 914. The van der Waals surface area contributed by atoms with Crippen LogP contribution in [0.2, 0.25) is 0 Å². The average molecular weight is 373 g/mol. The second-order valence-electron chi connectivity index (χ2n) is 6.58. The van der Waals surface area contributed by atoms with Crippen LogP contribution in [0.5, 0.6) is 0 Å². The Morgan fingerprint density at radius 3 is 2.96 bits per heavy atom. The van der Waals surface area contributed by atoms with Crippen LogP contribution in [0.4, 0.5) is 9.18 Å². The number of benzene rings is 1. The number of likely N-dealkylation sites (tertiary alicyclic amines) is 1. The van der Waals surface area contributed by atoms with Crippen LogP contribution in [-0.2, 0) is 6.54 Å². The number of carbonyl (C=O) groups excluding carboxylic acids is 1. The van der Waals surface area contributed by atoms with Crippen LogP contribution in [-0.4, -0.2) is 29.0 Å².